The van der Waals surface area contributed by atoms with Crippen LogP contribution in [-0.4, -0.2) is 29.4 Å². The van der Waals surface area contributed by atoms with E-state index < -0.39 is 17.8 Å². The average molecular weight is 522 g/mol. The molecule has 0 atom stereocenters. The lowest BCUT2D eigenvalue weighted by Crippen LogP contribution is -2.54. The summed E-state index contributed by atoms with van der Waals surface area (Å²) in [5.74, 6) is -1.35. The number of benzene rings is 2. The number of barbiturate groups is 1. The Balaban J connectivity index is 1.81. The number of nitrogens with one attached hydrogen (secondary N) is 1. The lowest BCUT2D eigenvalue weighted by molar-refractivity contribution is -0.122. The third-order valence-corrected chi connectivity index (χ3v) is 6.74. The normalized spacial score (nSPS) is 18.9. The number of nitrogens with zero attached hydrogens (tertiary/aromatic N) is 2. The Morgan fingerprint density at radius 3 is 2.41 bits per heavy atom. The molecule has 2 heterocycles. The fourth-order valence-corrected chi connectivity index (χ4v) is 5.36. The Labute approximate surface area is 208 Å². The van der Waals surface area contributed by atoms with Gasteiger partial charge in [0.2, 0.25) is 0 Å². The first kappa shape index (κ1) is 24.0. The van der Waals surface area contributed by atoms with Gasteiger partial charge in [0.1, 0.15) is 5.57 Å². The Hall–Kier alpha value is -3.19. The summed E-state index contributed by atoms with van der Waals surface area (Å²) in [6, 6.07) is 10.5. The van der Waals surface area contributed by atoms with Crippen LogP contribution in [0.1, 0.15) is 51.3 Å². The number of allylic oxidation sites excluding steroid dienone is 1. The number of hydrogen-bond acceptors (Lipinski definition) is 4. The molecule has 6 nitrogen and oxygen atoms in total. The maximum Gasteiger partial charge on any atom is 0.335 e. The Bertz CT molecular complexity index is 1290. The highest BCUT2D eigenvalue weighted by Gasteiger charge is 2.37. The first-order valence-corrected chi connectivity index (χ1v) is 12.0. The molecule has 2 aliphatic rings. The molecule has 1 N–H and O–H groups in total. The number of aryl methyl sites for hydroxylation is 1. The van der Waals surface area contributed by atoms with Gasteiger partial charge in [-0.05, 0) is 94.7 Å². The summed E-state index contributed by atoms with van der Waals surface area (Å²) in [6.07, 6.45) is 3.82. The van der Waals surface area contributed by atoms with Crippen molar-refractivity contribution in [1.29, 1.82) is 0 Å². The minimum absolute atomic E-state index is 0.0823. The van der Waals surface area contributed by atoms with Crippen molar-refractivity contribution in [3.63, 3.8) is 0 Å². The van der Waals surface area contributed by atoms with Crippen LogP contribution in [0.15, 0.2) is 52.5 Å². The van der Waals surface area contributed by atoms with Gasteiger partial charge in [0.15, 0.2) is 0 Å². The zero-order chi connectivity index (χ0) is 24.9. The van der Waals surface area contributed by atoms with E-state index in [0.717, 1.165) is 37.3 Å². The minimum atomic E-state index is -0.763. The van der Waals surface area contributed by atoms with Crippen LogP contribution in [-0.2, 0) is 9.59 Å². The smallest absolute Gasteiger partial charge is 0.335 e. The topological polar surface area (TPSA) is 69.7 Å². The average Bonchev–Trinajstić information content (AvgIpc) is 2.70. The van der Waals surface area contributed by atoms with Crippen LogP contribution in [0.4, 0.5) is 16.2 Å². The number of amides is 4. The fourth-order valence-electron chi connectivity index (χ4n) is 4.97. The van der Waals surface area contributed by atoms with Crippen molar-refractivity contribution >= 4 is 56.8 Å². The van der Waals surface area contributed by atoms with Gasteiger partial charge < -0.3 is 4.90 Å². The zero-order valence-electron chi connectivity index (χ0n) is 20.2. The molecule has 2 aromatic rings. The maximum atomic E-state index is 13.3. The fraction of sp³-hybridized carbons (Fsp3) is 0.296. The molecule has 1 fully saturated rings. The van der Waals surface area contributed by atoms with Gasteiger partial charge in [0.25, 0.3) is 11.8 Å². The number of anilines is 2. The van der Waals surface area contributed by atoms with Crippen molar-refractivity contribution in [2.45, 2.75) is 53.1 Å². The van der Waals surface area contributed by atoms with Crippen LogP contribution in [0.2, 0.25) is 0 Å². The number of urea groups is 1. The Kier molecular flexibility index (Phi) is 6.02. The van der Waals surface area contributed by atoms with Crippen LogP contribution in [0.25, 0.3) is 11.6 Å². The van der Waals surface area contributed by atoms with Crippen LogP contribution >= 0.6 is 15.9 Å². The van der Waals surface area contributed by atoms with E-state index in [1.54, 1.807) is 30.3 Å². The van der Waals surface area contributed by atoms with Crippen LogP contribution in [0, 0.1) is 6.92 Å². The number of carbonyl (C=O) groups excluding carboxylic acids is 3. The first-order chi connectivity index (χ1) is 15.9. The van der Waals surface area contributed by atoms with E-state index in [1.165, 1.54) is 0 Å². The van der Waals surface area contributed by atoms with Gasteiger partial charge in [-0.25, -0.2) is 9.69 Å². The number of halogens is 1. The zero-order valence-corrected chi connectivity index (χ0v) is 21.8. The molecule has 4 amide bonds. The molecule has 0 unspecified atom stereocenters. The number of imide groups is 2. The molecule has 0 saturated carbocycles. The number of rotatable bonds is 3. The quantitative estimate of drug-likeness (QED) is 0.407. The molecule has 0 aliphatic carbocycles. The summed E-state index contributed by atoms with van der Waals surface area (Å²) in [5.41, 5.74) is 5.20. The molecule has 7 heteroatoms. The molecule has 0 aromatic heterocycles. The van der Waals surface area contributed by atoms with Gasteiger partial charge in [-0.15, -0.1) is 0 Å². The van der Waals surface area contributed by atoms with Crippen LogP contribution in [0.3, 0.4) is 0 Å². The molecule has 0 bridgehead atoms. The van der Waals surface area contributed by atoms with Gasteiger partial charge >= 0.3 is 6.03 Å². The summed E-state index contributed by atoms with van der Waals surface area (Å²) in [6.45, 7) is 12.8. The van der Waals surface area contributed by atoms with E-state index in [1.807, 2.05) is 13.0 Å². The van der Waals surface area contributed by atoms with Crippen molar-refractivity contribution in [2.75, 3.05) is 9.80 Å². The highest BCUT2D eigenvalue weighted by atomic mass is 79.9. The highest BCUT2D eigenvalue weighted by Crippen LogP contribution is 2.42. The van der Waals surface area contributed by atoms with E-state index in [9.17, 15) is 14.4 Å². The van der Waals surface area contributed by atoms with Gasteiger partial charge in [-0.1, -0.05) is 28.1 Å². The van der Waals surface area contributed by atoms with E-state index in [4.69, 9.17) is 0 Å². The second-order valence-corrected chi connectivity index (χ2v) is 10.5. The summed E-state index contributed by atoms with van der Waals surface area (Å²) < 4.78 is 0.721. The lowest BCUT2D eigenvalue weighted by Gasteiger charge is -2.46. The maximum absolute atomic E-state index is 13.3. The third-order valence-electron chi connectivity index (χ3n) is 6.24. The lowest BCUT2D eigenvalue weighted by atomic mass is 9.85. The number of fused-ring (bicyclic) bond motifs is 1. The van der Waals surface area contributed by atoms with Gasteiger partial charge in [-0.3, -0.25) is 14.9 Å². The molecular formula is C27H28BrN3O3. The number of carbonyl (C=O) groups is 3. The molecule has 1 saturated heterocycles. The molecule has 176 valence electrons. The van der Waals surface area contributed by atoms with Gasteiger partial charge in [-0.2, -0.15) is 0 Å². The highest BCUT2D eigenvalue weighted by molar-refractivity contribution is 9.10. The van der Waals surface area contributed by atoms with E-state index in [0.29, 0.717) is 5.69 Å². The standard InChI is InChI=1S/C27H28BrN3O3/c1-15(2)31-23-10-16(3)18(11-21(23)17(4)14-27(31,5)6)12-22-24(32)29-26(34)30(25(22)33)20-9-7-8-19(28)13-20/h7-15H,1-6H3,(H,29,32,34)/b22-12+. The van der Waals surface area contributed by atoms with Crippen LogP contribution < -0.4 is 15.1 Å². The van der Waals surface area contributed by atoms with E-state index in [2.05, 4.69) is 72.9 Å². The van der Waals surface area contributed by atoms with Gasteiger partial charge in [0.05, 0.1) is 11.2 Å². The minimum Gasteiger partial charge on any atom is -0.360 e. The van der Waals surface area contributed by atoms with Crippen molar-refractivity contribution < 1.29 is 14.4 Å². The van der Waals surface area contributed by atoms with Gasteiger partial charge in [0, 0.05) is 21.8 Å². The van der Waals surface area contributed by atoms with Crippen molar-refractivity contribution in [3.05, 3.63) is 69.2 Å². The third kappa shape index (κ3) is 4.09. The predicted octanol–water partition coefficient (Wildman–Crippen LogP) is 5.83. The summed E-state index contributed by atoms with van der Waals surface area (Å²) in [4.78, 5) is 41.8. The molecule has 4 rings (SSSR count). The summed E-state index contributed by atoms with van der Waals surface area (Å²) in [7, 11) is 0. The SMILES string of the molecule is CC1=CC(C)(C)N(C(C)C)c2cc(C)c(/C=C3\C(=O)NC(=O)N(c4cccc(Br)c4)C3=O)cc21. The van der Waals surface area contributed by atoms with E-state index >= 15 is 0 Å². The summed E-state index contributed by atoms with van der Waals surface area (Å²) in [5, 5.41) is 2.30. The molecule has 0 spiro atoms. The molecule has 2 aliphatic heterocycles. The second kappa shape index (κ2) is 8.55. The monoisotopic (exact) mass is 521 g/mol. The molecular weight excluding hydrogens is 494 g/mol. The Morgan fingerprint density at radius 1 is 1.06 bits per heavy atom. The van der Waals surface area contributed by atoms with Crippen LogP contribution in [0.5, 0.6) is 0 Å². The molecule has 0 radical (unpaired) electrons. The Morgan fingerprint density at radius 2 is 1.76 bits per heavy atom. The molecule has 34 heavy (non-hydrogen) atoms. The van der Waals surface area contributed by atoms with Crippen molar-refractivity contribution in [2.24, 2.45) is 0 Å². The summed E-state index contributed by atoms with van der Waals surface area (Å²) >= 11 is 3.36. The van der Waals surface area contributed by atoms with Crippen molar-refractivity contribution in [1.82, 2.24) is 5.32 Å². The second-order valence-electron chi connectivity index (χ2n) is 9.61. The largest absolute Gasteiger partial charge is 0.360 e. The van der Waals surface area contributed by atoms with Crippen molar-refractivity contribution in [3.8, 4) is 0 Å². The number of hydrogen-bond donors (Lipinski definition) is 1. The first-order valence-electron chi connectivity index (χ1n) is 11.2. The predicted molar refractivity (Wildman–Crippen MR) is 140 cm³/mol. The molecule has 2 aromatic carbocycles. The van der Waals surface area contributed by atoms with E-state index in [-0.39, 0.29) is 17.2 Å².